The molecule has 1 fully saturated rings. The van der Waals surface area contributed by atoms with Crippen LogP contribution in [0.25, 0.3) is 6.08 Å². The van der Waals surface area contributed by atoms with E-state index in [2.05, 4.69) is 20.9 Å². The van der Waals surface area contributed by atoms with Gasteiger partial charge in [-0.1, -0.05) is 45.7 Å². The third-order valence-electron chi connectivity index (χ3n) is 5.25. The lowest BCUT2D eigenvalue weighted by Gasteiger charge is -2.15. The minimum absolute atomic E-state index is 0.146. The number of carbonyl (C=O) groups excluding carboxylic acids is 1. The van der Waals surface area contributed by atoms with Crippen LogP contribution in [0.1, 0.15) is 25.0 Å². The van der Waals surface area contributed by atoms with E-state index in [1.807, 2.05) is 50.2 Å². The van der Waals surface area contributed by atoms with Crippen molar-refractivity contribution < 1.29 is 18.7 Å². The lowest BCUT2D eigenvalue weighted by molar-refractivity contribution is -0.122. The maximum Gasteiger partial charge on any atom is 0.266 e. The number of hydrogen-bond acceptors (Lipinski definition) is 5. The van der Waals surface area contributed by atoms with E-state index in [4.69, 9.17) is 21.1 Å². The average Bonchev–Trinajstić information content (AvgIpc) is 3.16. The summed E-state index contributed by atoms with van der Waals surface area (Å²) in [5, 5.41) is 1.17. The molecule has 0 atom stereocenters. The molecule has 0 aliphatic carbocycles. The van der Waals surface area contributed by atoms with E-state index in [1.165, 1.54) is 23.9 Å². The quantitative estimate of drug-likeness (QED) is 0.251. The SMILES string of the molecule is CCOc1cc(/C=C2/SC(=Nc3ccc(F)cc3)N(CC)C2=O)c(Br)cc1OCc1ccccc1Cl. The van der Waals surface area contributed by atoms with Gasteiger partial charge in [-0.25, -0.2) is 9.38 Å². The highest BCUT2D eigenvalue weighted by Gasteiger charge is 2.32. The Balaban J connectivity index is 1.62. The van der Waals surface area contributed by atoms with Crippen molar-refractivity contribution in [1.82, 2.24) is 4.90 Å². The van der Waals surface area contributed by atoms with Crippen molar-refractivity contribution >= 4 is 62.1 Å². The molecule has 1 aliphatic heterocycles. The van der Waals surface area contributed by atoms with Gasteiger partial charge in [0.15, 0.2) is 16.7 Å². The number of halogens is 3. The van der Waals surface area contributed by atoms with Crippen molar-refractivity contribution in [1.29, 1.82) is 0 Å². The number of nitrogens with zero attached hydrogens (tertiary/aromatic N) is 2. The Kier molecular flexibility index (Phi) is 8.72. The number of amidine groups is 1. The van der Waals surface area contributed by atoms with E-state index in [1.54, 1.807) is 23.1 Å². The van der Waals surface area contributed by atoms with Crippen LogP contribution in [0.5, 0.6) is 11.5 Å². The number of thioether (sulfide) groups is 1. The number of benzene rings is 3. The van der Waals surface area contributed by atoms with Crippen molar-refractivity contribution in [3.05, 3.63) is 92.0 Å². The van der Waals surface area contributed by atoms with E-state index in [0.29, 0.717) is 45.4 Å². The van der Waals surface area contributed by atoms with Gasteiger partial charge in [0.05, 0.1) is 17.2 Å². The van der Waals surface area contributed by atoms with E-state index in [0.717, 1.165) is 15.6 Å². The van der Waals surface area contributed by atoms with Crippen LogP contribution in [0.3, 0.4) is 0 Å². The first-order valence-corrected chi connectivity index (χ1v) is 13.3. The van der Waals surface area contributed by atoms with Gasteiger partial charge >= 0.3 is 0 Å². The third kappa shape index (κ3) is 6.11. The molecule has 0 aromatic heterocycles. The monoisotopic (exact) mass is 588 g/mol. The van der Waals surface area contributed by atoms with E-state index < -0.39 is 0 Å². The van der Waals surface area contributed by atoms with Crippen LogP contribution in [0.15, 0.2) is 75.0 Å². The Morgan fingerprint density at radius 3 is 2.50 bits per heavy atom. The minimum atomic E-state index is -0.337. The first-order chi connectivity index (χ1) is 17.4. The maximum absolute atomic E-state index is 13.3. The average molecular weight is 590 g/mol. The molecule has 1 amide bonds. The zero-order valence-corrected chi connectivity index (χ0v) is 22.8. The molecule has 0 radical (unpaired) electrons. The summed E-state index contributed by atoms with van der Waals surface area (Å²) in [4.78, 5) is 19.8. The maximum atomic E-state index is 13.3. The second-order valence-electron chi connectivity index (χ2n) is 7.66. The molecule has 3 aromatic rings. The van der Waals surface area contributed by atoms with Gasteiger partial charge in [0.1, 0.15) is 12.4 Å². The zero-order chi connectivity index (χ0) is 25.7. The fraction of sp³-hybridized carbons (Fsp3) is 0.185. The van der Waals surface area contributed by atoms with Crippen LogP contribution < -0.4 is 9.47 Å². The van der Waals surface area contributed by atoms with Gasteiger partial charge in [0, 0.05) is 21.6 Å². The summed E-state index contributed by atoms with van der Waals surface area (Å²) in [7, 11) is 0. The lowest BCUT2D eigenvalue weighted by atomic mass is 10.1. The molecule has 0 unspecified atom stereocenters. The molecule has 9 heteroatoms. The lowest BCUT2D eigenvalue weighted by Crippen LogP contribution is -2.28. The molecule has 36 heavy (non-hydrogen) atoms. The van der Waals surface area contributed by atoms with Crippen molar-refractivity contribution in [2.45, 2.75) is 20.5 Å². The summed E-state index contributed by atoms with van der Waals surface area (Å²) >= 11 is 11.1. The van der Waals surface area contributed by atoms with E-state index in [9.17, 15) is 9.18 Å². The minimum Gasteiger partial charge on any atom is -0.490 e. The number of rotatable bonds is 8. The van der Waals surface area contributed by atoms with E-state index >= 15 is 0 Å². The van der Waals surface area contributed by atoms with Gasteiger partial charge in [0.2, 0.25) is 0 Å². The molecule has 5 nitrogen and oxygen atoms in total. The van der Waals surface area contributed by atoms with Gasteiger partial charge in [0.25, 0.3) is 5.91 Å². The predicted octanol–water partition coefficient (Wildman–Crippen LogP) is 7.84. The summed E-state index contributed by atoms with van der Waals surface area (Å²) in [5.41, 5.74) is 2.20. The van der Waals surface area contributed by atoms with Crippen molar-refractivity contribution in [2.75, 3.05) is 13.2 Å². The van der Waals surface area contributed by atoms with Gasteiger partial charge in [-0.05, 0) is 79.7 Å². The molecule has 1 heterocycles. The fourth-order valence-corrected chi connectivity index (χ4v) is 5.13. The van der Waals surface area contributed by atoms with Crippen LogP contribution in [0, 0.1) is 5.82 Å². The van der Waals surface area contributed by atoms with Crippen molar-refractivity contribution in [3.63, 3.8) is 0 Å². The van der Waals surface area contributed by atoms with Crippen LogP contribution >= 0.6 is 39.3 Å². The number of hydrogen-bond donors (Lipinski definition) is 0. The Morgan fingerprint density at radius 2 is 1.81 bits per heavy atom. The van der Waals surface area contributed by atoms with Gasteiger partial charge in [-0.15, -0.1) is 0 Å². The first kappa shape index (κ1) is 26.3. The highest BCUT2D eigenvalue weighted by molar-refractivity contribution is 9.10. The fourth-order valence-electron chi connectivity index (χ4n) is 3.45. The molecule has 0 N–H and O–H groups in total. The summed E-state index contributed by atoms with van der Waals surface area (Å²) in [6.45, 7) is 4.98. The first-order valence-electron chi connectivity index (χ1n) is 11.3. The Morgan fingerprint density at radius 1 is 1.08 bits per heavy atom. The molecule has 1 saturated heterocycles. The zero-order valence-electron chi connectivity index (χ0n) is 19.6. The molecule has 0 spiro atoms. The topological polar surface area (TPSA) is 51.1 Å². The van der Waals surface area contributed by atoms with Gasteiger partial charge < -0.3 is 9.47 Å². The number of aliphatic imine (C=N–C) groups is 1. The predicted molar refractivity (Wildman–Crippen MR) is 148 cm³/mol. The van der Waals surface area contributed by atoms with E-state index in [-0.39, 0.29) is 18.3 Å². The summed E-state index contributed by atoms with van der Waals surface area (Å²) < 4.78 is 25.9. The standard InChI is InChI=1S/C27H23BrClFN2O3S/c1-3-32-26(33)25(36-27(32)31-20-11-9-19(30)10-12-20)14-18-13-23(34-4-2)24(15-21(18)28)35-16-17-7-5-6-8-22(17)29/h5-15H,3-4,16H2,1-2H3/b25-14+,31-27?. The molecule has 4 rings (SSSR count). The normalized spacial score (nSPS) is 15.7. The Hall–Kier alpha value is -2.81. The second-order valence-corrected chi connectivity index (χ2v) is 9.94. The number of likely N-dealkylation sites (N-methyl/N-ethyl adjacent to an activating group) is 1. The van der Waals surface area contributed by atoms with Crippen molar-refractivity contribution in [3.8, 4) is 11.5 Å². The summed E-state index contributed by atoms with van der Waals surface area (Å²) in [6, 6.07) is 17.0. The van der Waals surface area contributed by atoms with Crippen LogP contribution in [-0.4, -0.2) is 29.1 Å². The molecule has 3 aromatic carbocycles. The third-order valence-corrected chi connectivity index (χ3v) is 7.31. The Labute approximate surface area is 227 Å². The molecular weight excluding hydrogens is 567 g/mol. The molecular formula is C27H23BrClFN2O3S. The summed E-state index contributed by atoms with van der Waals surface area (Å²) in [5.74, 6) is 0.635. The van der Waals surface area contributed by atoms with Crippen LogP contribution in [0.4, 0.5) is 10.1 Å². The molecule has 1 aliphatic rings. The number of amides is 1. The highest BCUT2D eigenvalue weighted by atomic mass is 79.9. The van der Waals surface area contributed by atoms with Gasteiger partial charge in [-0.2, -0.15) is 0 Å². The summed E-state index contributed by atoms with van der Waals surface area (Å²) in [6.07, 6.45) is 1.80. The van der Waals surface area contributed by atoms with Gasteiger partial charge in [-0.3, -0.25) is 9.69 Å². The second kappa shape index (κ2) is 12.0. The molecule has 186 valence electrons. The molecule has 0 bridgehead atoms. The number of ether oxygens (including phenoxy) is 2. The smallest absolute Gasteiger partial charge is 0.266 e. The number of carbonyl (C=O) groups is 1. The van der Waals surface area contributed by atoms with Crippen LogP contribution in [0.2, 0.25) is 5.02 Å². The molecule has 0 saturated carbocycles. The van der Waals surface area contributed by atoms with Crippen molar-refractivity contribution in [2.24, 2.45) is 4.99 Å². The largest absolute Gasteiger partial charge is 0.490 e. The Bertz CT molecular complexity index is 1330. The van der Waals surface area contributed by atoms with Crippen LogP contribution in [-0.2, 0) is 11.4 Å². The highest BCUT2D eigenvalue weighted by Crippen LogP contribution is 2.39.